The lowest BCUT2D eigenvalue weighted by atomic mass is 9.95. The fraction of sp³-hybridized carbons (Fsp3) is 0.462. The highest BCUT2D eigenvalue weighted by molar-refractivity contribution is 5.76. The van der Waals surface area contributed by atoms with E-state index in [2.05, 4.69) is 0 Å². The average Bonchev–Trinajstić information content (AvgIpc) is 2.37. The van der Waals surface area contributed by atoms with E-state index >= 15 is 0 Å². The number of hydrogen-bond acceptors (Lipinski definition) is 4. The van der Waals surface area contributed by atoms with E-state index < -0.39 is 11.9 Å². The Kier molecular flexibility index (Phi) is 3.72. The summed E-state index contributed by atoms with van der Waals surface area (Å²) in [4.78, 5) is 11.1. The Morgan fingerprint density at radius 3 is 2.56 bits per heavy atom. The molecular weight excluding hydrogens is 236 g/mol. The molecule has 1 unspecified atom stereocenters. The van der Waals surface area contributed by atoms with Crippen molar-refractivity contribution in [1.29, 1.82) is 0 Å². The van der Waals surface area contributed by atoms with E-state index in [9.17, 15) is 4.79 Å². The Hall–Kier alpha value is -1.75. The van der Waals surface area contributed by atoms with Crippen molar-refractivity contribution in [3.05, 3.63) is 23.3 Å². The van der Waals surface area contributed by atoms with Gasteiger partial charge < -0.3 is 19.3 Å². The quantitative estimate of drug-likeness (QED) is 0.885. The Bertz CT molecular complexity index is 455. The molecule has 1 aliphatic heterocycles. The number of carboxylic acids is 1. The number of ether oxygens (including phenoxy) is 3. The van der Waals surface area contributed by atoms with Gasteiger partial charge in [-0.2, -0.15) is 0 Å². The number of carbonyl (C=O) groups is 1. The number of fused-ring (bicyclic) bond motifs is 1. The molecule has 0 spiro atoms. The van der Waals surface area contributed by atoms with E-state index in [1.54, 1.807) is 26.2 Å². The number of carboxylic acid groups (broad SMARTS) is 1. The van der Waals surface area contributed by atoms with E-state index in [0.29, 0.717) is 36.9 Å². The second kappa shape index (κ2) is 5.27. The van der Waals surface area contributed by atoms with Crippen molar-refractivity contribution in [3.63, 3.8) is 0 Å². The standard InChI is InChI=1S/C13H16O5/c1-8(13(14)15)10-6-12-11(17-3-4-18-12)5-9(10)7-16-2/h5-6,8H,3-4,7H2,1-2H3,(H,14,15). The molecule has 1 aliphatic rings. The molecule has 1 atom stereocenters. The van der Waals surface area contributed by atoms with Crippen LogP contribution >= 0.6 is 0 Å². The van der Waals surface area contributed by atoms with Crippen LogP contribution in [0, 0.1) is 0 Å². The van der Waals surface area contributed by atoms with Gasteiger partial charge in [-0.05, 0) is 30.2 Å². The van der Waals surface area contributed by atoms with Crippen LogP contribution in [0.3, 0.4) is 0 Å². The fourth-order valence-electron chi connectivity index (χ4n) is 1.96. The van der Waals surface area contributed by atoms with Crippen molar-refractivity contribution in [2.45, 2.75) is 19.4 Å². The van der Waals surface area contributed by atoms with Crippen LogP contribution in [0.25, 0.3) is 0 Å². The number of benzene rings is 1. The molecule has 0 bridgehead atoms. The highest BCUT2D eigenvalue weighted by Gasteiger charge is 2.22. The molecule has 1 aromatic carbocycles. The van der Waals surface area contributed by atoms with Gasteiger partial charge in [-0.15, -0.1) is 0 Å². The lowest BCUT2D eigenvalue weighted by Crippen LogP contribution is -2.17. The van der Waals surface area contributed by atoms with Gasteiger partial charge in [0.05, 0.1) is 12.5 Å². The monoisotopic (exact) mass is 252 g/mol. The summed E-state index contributed by atoms with van der Waals surface area (Å²) >= 11 is 0. The van der Waals surface area contributed by atoms with Crippen molar-refractivity contribution < 1.29 is 24.1 Å². The van der Waals surface area contributed by atoms with Crippen molar-refractivity contribution in [2.24, 2.45) is 0 Å². The normalized spacial score (nSPS) is 15.2. The first-order chi connectivity index (χ1) is 8.63. The van der Waals surface area contributed by atoms with Gasteiger partial charge in [-0.1, -0.05) is 0 Å². The largest absolute Gasteiger partial charge is 0.486 e. The molecule has 1 heterocycles. The van der Waals surface area contributed by atoms with Gasteiger partial charge in [0, 0.05) is 7.11 Å². The van der Waals surface area contributed by atoms with Crippen LogP contribution < -0.4 is 9.47 Å². The molecular formula is C13H16O5. The summed E-state index contributed by atoms with van der Waals surface area (Å²) in [6, 6.07) is 3.54. The fourth-order valence-corrected chi connectivity index (χ4v) is 1.96. The molecule has 5 heteroatoms. The first-order valence-electron chi connectivity index (χ1n) is 5.77. The molecule has 0 radical (unpaired) electrons. The first kappa shape index (κ1) is 12.7. The molecule has 18 heavy (non-hydrogen) atoms. The molecule has 98 valence electrons. The van der Waals surface area contributed by atoms with Crippen LogP contribution in [0.2, 0.25) is 0 Å². The van der Waals surface area contributed by atoms with E-state index in [1.807, 2.05) is 0 Å². The Morgan fingerprint density at radius 2 is 2.00 bits per heavy atom. The maximum atomic E-state index is 11.1. The smallest absolute Gasteiger partial charge is 0.310 e. The SMILES string of the molecule is COCc1cc2c(cc1C(C)C(=O)O)OCCO2. The number of aliphatic carboxylic acids is 1. The van der Waals surface area contributed by atoms with Gasteiger partial charge in [0.1, 0.15) is 13.2 Å². The van der Waals surface area contributed by atoms with Gasteiger partial charge in [0.25, 0.3) is 0 Å². The lowest BCUT2D eigenvalue weighted by molar-refractivity contribution is -0.138. The molecule has 1 N–H and O–H groups in total. The predicted octanol–water partition coefficient (Wildman–Crippen LogP) is 1.79. The lowest BCUT2D eigenvalue weighted by Gasteiger charge is -2.22. The average molecular weight is 252 g/mol. The molecule has 0 aliphatic carbocycles. The zero-order valence-corrected chi connectivity index (χ0v) is 10.4. The summed E-state index contributed by atoms with van der Waals surface area (Å²) in [5.74, 6) is -0.228. The third kappa shape index (κ3) is 2.41. The number of methoxy groups -OCH3 is 1. The van der Waals surface area contributed by atoms with Crippen LogP contribution in [0.1, 0.15) is 24.0 Å². The van der Waals surface area contributed by atoms with Crippen LogP contribution in [-0.2, 0) is 16.1 Å². The Labute approximate surface area is 105 Å². The Balaban J connectivity index is 2.44. The van der Waals surface area contributed by atoms with Gasteiger partial charge in [0.15, 0.2) is 11.5 Å². The highest BCUT2D eigenvalue weighted by Crippen LogP contribution is 2.36. The second-order valence-electron chi connectivity index (χ2n) is 4.19. The summed E-state index contributed by atoms with van der Waals surface area (Å²) in [6.07, 6.45) is 0. The third-order valence-electron chi connectivity index (χ3n) is 2.94. The van der Waals surface area contributed by atoms with Crippen molar-refractivity contribution in [1.82, 2.24) is 0 Å². The van der Waals surface area contributed by atoms with E-state index in [-0.39, 0.29) is 0 Å². The zero-order chi connectivity index (χ0) is 13.1. The van der Waals surface area contributed by atoms with E-state index in [1.165, 1.54) is 0 Å². The minimum atomic E-state index is -0.871. The summed E-state index contributed by atoms with van der Waals surface area (Å²) in [6.45, 7) is 2.99. The van der Waals surface area contributed by atoms with Crippen molar-refractivity contribution in [3.8, 4) is 11.5 Å². The number of rotatable bonds is 4. The molecule has 0 saturated carbocycles. The van der Waals surface area contributed by atoms with Crippen molar-refractivity contribution >= 4 is 5.97 Å². The molecule has 0 amide bonds. The van der Waals surface area contributed by atoms with E-state index in [4.69, 9.17) is 19.3 Å². The minimum absolute atomic E-state index is 0.351. The Morgan fingerprint density at radius 1 is 1.39 bits per heavy atom. The molecule has 0 aromatic heterocycles. The van der Waals surface area contributed by atoms with Gasteiger partial charge in [0.2, 0.25) is 0 Å². The van der Waals surface area contributed by atoms with Crippen LogP contribution in [-0.4, -0.2) is 31.4 Å². The van der Waals surface area contributed by atoms with E-state index in [0.717, 1.165) is 5.56 Å². The minimum Gasteiger partial charge on any atom is -0.486 e. The summed E-state index contributed by atoms with van der Waals surface area (Å²) in [5, 5.41) is 9.12. The molecule has 1 aromatic rings. The predicted molar refractivity (Wildman–Crippen MR) is 64.2 cm³/mol. The van der Waals surface area contributed by atoms with Crippen LogP contribution in [0.4, 0.5) is 0 Å². The highest BCUT2D eigenvalue weighted by atomic mass is 16.6. The molecule has 0 fully saturated rings. The molecule has 2 rings (SSSR count). The third-order valence-corrected chi connectivity index (χ3v) is 2.94. The summed E-state index contributed by atoms with van der Waals surface area (Å²) in [5.41, 5.74) is 1.52. The van der Waals surface area contributed by atoms with Crippen LogP contribution in [0.5, 0.6) is 11.5 Å². The van der Waals surface area contributed by atoms with Gasteiger partial charge in [-0.25, -0.2) is 0 Å². The topological polar surface area (TPSA) is 65.0 Å². The van der Waals surface area contributed by atoms with Crippen molar-refractivity contribution in [2.75, 3.05) is 20.3 Å². The number of hydrogen-bond donors (Lipinski definition) is 1. The molecule has 5 nitrogen and oxygen atoms in total. The first-order valence-corrected chi connectivity index (χ1v) is 5.77. The van der Waals surface area contributed by atoms with Crippen LogP contribution in [0.15, 0.2) is 12.1 Å². The second-order valence-corrected chi connectivity index (χ2v) is 4.19. The molecule has 0 saturated heterocycles. The maximum absolute atomic E-state index is 11.1. The zero-order valence-electron chi connectivity index (χ0n) is 10.4. The van der Waals surface area contributed by atoms with Gasteiger partial charge in [-0.3, -0.25) is 4.79 Å². The maximum Gasteiger partial charge on any atom is 0.310 e. The summed E-state index contributed by atoms with van der Waals surface area (Å²) in [7, 11) is 1.58. The summed E-state index contributed by atoms with van der Waals surface area (Å²) < 4.78 is 16.0. The van der Waals surface area contributed by atoms with Gasteiger partial charge >= 0.3 is 5.97 Å².